The van der Waals surface area contributed by atoms with Gasteiger partial charge in [-0.25, -0.2) is 4.79 Å². The highest BCUT2D eigenvalue weighted by molar-refractivity contribution is 6.04. The molecule has 2 aliphatic rings. The molecule has 24 heavy (non-hydrogen) atoms. The van der Waals surface area contributed by atoms with Crippen LogP contribution in [-0.4, -0.2) is 44.0 Å². The normalized spacial score (nSPS) is 22.6. The Morgan fingerprint density at radius 2 is 2.12 bits per heavy atom. The lowest BCUT2D eigenvalue weighted by atomic mass is 9.90. The van der Waals surface area contributed by atoms with Gasteiger partial charge in [-0.15, -0.1) is 0 Å². The minimum atomic E-state index is -0.604. The Labute approximate surface area is 140 Å². The molecule has 0 spiro atoms. The summed E-state index contributed by atoms with van der Waals surface area (Å²) in [6.45, 7) is 1.55. The van der Waals surface area contributed by atoms with Crippen molar-refractivity contribution >= 4 is 23.5 Å². The first kappa shape index (κ1) is 16.3. The SMILES string of the molecule is CN1CC[C@@H](CNC(=O)CC[C@@H]2NC(=O)NC2=O)c2ccccc21. The number of carbonyl (C=O) groups is 3. The Balaban J connectivity index is 1.49. The van der Waals surface area contributed by atoms with Crippen LogP contribution in [0.25, 0.3) is 0 Å². The number of rotatable bonds is 5. The fourth-order valence-corrected chi connectivity index (χ4v) is 3.28. The molecule has 1 aromatic carbocycles. The van der Waals surface area contributed by atoms with Crippen molar-refractivity contribution in [2.75, 3.05) is 25.0 Å². The zero-order chi connectivity index (χ0) is 17.1. The Morgan fingerprint density at radius 3 is 2.88 bits per heavy atom. The van der Waals surface area contributed by atoms with Crippen LogP contribution in [0.3, 0.4) is 0 Å². The van der Waals surface area contributed by atoms with E-state index in [9.17, 15) is 14.4 Å². The summed E-state index contributed by atoms with van der Waals surface area (Å²) < 4.78 is 0. The molecule has 0 radical (unpaired) electrons. The monoisotopic (exact) mass is 330 g/mol. The van der Waals surface area contributed by atoms with Crippen molar-refractivity contribution in [3.8, 4) is 0 Å². The van der Waals surface area contributed by atoms with E-state index in [1.165, 1.54) is 11.3 Å². The zero-order valence-electron chi connectivity index (χ0n) is 13.7. The van der Waals surface area contributed by atoms with E-state index in [-0.39, 0.29) is 18.2 Å². The van der Waals surface area contributed by atoms with Crippen LogP contribution < -0.4 is 20.9 Å². The lowest BCUT2D eigenvalue weighted by molar-refractivity contribution is -0.122. The van der Waals surface area contributed by atoms with E-state index in [2.05, 4.69) is 40.0 Å². The van der Waals surface area contributed by atoms with Gasteiger partial charge < -0.3 is 15.5 Å². The van der Waals surface area contributed by atoms with Crippen LogP contribution in [-0.2, 0) is 9.59 Å². The second kappa shape index (κ2) is 6.90. The number of imide groups is 1. The molecular formula is C17H22N4O3. The first-order chi connectivity index (χ1) is 11.5. The van der Waals surface area contributed by atoms with Crippen molar-refractivity contribution in [2.45, 2.75) is 31.2 Å². The maximum Gasteiger partial charge on any atom is 0.322 e. The zero-order valence-corrected chi connectivity index (χ0v) is 13.7. The average Bonchev–Trinajstić information content (AvgIpc) is 2.90. The Hall–Kier alpha value is -2.57. The van der Waals surface area contributed by atoms with E-state index in [0.29, 0.717) is 18.9 Å². The third-order valence-corrected chi connectivity index (χ3v) is 4.67. The number of fused-ring (bicyclic) bond motifs is 1. The number of hydrogen-bond donors (Lipinski definition) is 3. The van der Waals surface area contributed by atoms with E-state index in [1.54, 1.807) is 0 Å². The number of urea groups is 1. The number of benzene rings is 1. The first-order valence-electron chi connectivity index (χ1n) is 8.22. The van der Waals surface area contributed by atoms with Crippen LogP contribution in [0.1, 0.15) is 30.7 Å². The molecule has 1 saturated heterocycles. The predicted molar refractivity (Wildman–Crippen MR) is 89.8 cm³/mol. The largest absolute Gasteiger partial charge is 0.374 e. The summed E-state index contributed by atoms with van der Waals surface area (Å²) in [7, 11) is 2.08. The molecule has 128 valence electrons. The third kappa shape index (κ3) is 3.50. The van der Waals surface area contributed by atoms with Gasteiger partial charge in [-0.2, -0.15) is 0 Å². The van der Waals surface area contributed by atoms with Crippen LogP contribution in [0, 0.1) is 0 Å². The van der Waals surface area contributed by atoms with Gasteiger partial charge in [-0.3, -0.25) is 14.9 Å². The Morgan fingerprint density at radius 1 is 1.33 bits per heavy atom. The summed E-state index contributed by atoms with van der Waals surface area (Å²) in [6.07, 6.45) is 1.52. The molecule has 3 rings (SSSR count). The van der Waals surface area contributed by atoms with Gasteiger partial charge in [0.2, 0.25) is 5.91 Å². The Bertz CT molecular complexity index is 661. The highest BCUT2D eigenvalue weighted by Gasteiger charge is 2.29. The van der Waals surface area contributed by atoms with Gasteiger partial charge in [0, 0.05) is 38.2 Å². The fourth-order valence-electron chi connectivity index (χ4n) is 3.28. The number of para-hydroxylation sites is 1. The van der Waals surface area contributed by atoms with Crippen molar-refractivity contribution < 1.29 is 14.4 Å². The van der Waals surface area contributed by atoms with Crippen LogP contribution in [0.5, 0.6) is 0 Å². The first-order valence-corrected chi connectivity index (χ1v) is 8.22. The molecule has 3 N–H and O–H groups in total. The van der Waals surface area contributed by atoms with E-state index in [1.807, 2.05) is 12.1 Å². The van der Waals surface area contributed by atoms with Gasteiger partial charge in [0.05, 0.1) is 0 Å². The predicted octanol–water partition coefficient (Wildman–Crippen LogP) is 0.715. The van der Waals surface area contributed by atoms with Crippen molar-refractivity contribution in [3.63, 3.8) is 0 Å². The number of amides is 4. The van der Waals surface area contributed by atoms with Crippen molar-refractivity contribution in [1.29, 1.82) is 0 Å². The second-order valence-electron chi connectivity index (χ2n) is 6.32. The van der Waals surface area contributed by atoms with E-state index >= 15 is 0 Å². The topological polar surface area (TPSA) is 90.5 Å². The lowest BCUT2D eigenvalue weighted by Gasteiger charge is -2.33. The number of anilines is 1. The van der Waals surface area contributed by atoms with E-state index < -0.39 is 12.1 Å². The Kier molecular flexibility index (Phi) is 4.69. The summed E-state index contributed by atoms with van der Waals surface area (Å²) in [5.74, 6) is -0.159. The molecular weight excluding hydrogens is 308 g/mol. The quantitative estimate of drug-likeness (QED) is 0.694. The lowest BCUT2D eigenvalue weighted by Crippen LogP contribution is -2.35. The second-order valence-corrected chi connectivity index (χ2v) is 6.32. The van der Waals surface area contributed by atoms with Gasteiger partial charge in [-0.1, -0.05) is 18.2 Å². The number of hydrogen-bond acceptors (Lipinski definition) is 4. The minimum Gasteiger partial charge on any atom is -0.374 e. The number of nitrogens with zero attached hydrogens (tertiary/aromatic N) is 1. The standard InChI is InChI=1S/C17H22N4O3/c1-21-9-8-11(12-4-2-3-5-14(12)21)10-18-15(22)7-6-13-16(23)20-17(24)19-13/h2-5,11,13H,6-10H2,1H3,(H,18,22)(H2,19,20,23,24)/t11-,13-/m0/s1. The maximum absolute atomic E-state index is 12.0. The molecule has 2 heterocycles. The van der Waals surface area contributed by atoms with Gasteiger partial charge in [0.25, 0.3) is 5.91 Å². The number of carbonyl (C=O) groups excluding carboxylic acids is 3. The smallest absolute Gasteiger partial charge is 0.322 e. The van der Waals surface area contributed by atoms with Crippen molar-refractivity contribution in [1.82, 2.24) is 16.0 Å². The fraction of sp³-hybridized carbons (Fsp3) is 0.471. The van der Waals surface area contributed by atoms with E-state index in [0.717, 1.165) is 13.0 Å². The van der Waals surface area contributed by atoms with Crippen LogP contribution in [0.15, 0.2) is 24.3 Å². The van der Waals surface area contributed by atoms with E-state index in [4.69, 9.17) is 0 Å². The summed E-state index contributed by atoms with van der Waals surface area (Å²) >= 11 is 0. The molecule has 4 amide bonds. The van der Waals surface area contributed by atoms with Gasteiger partial charge >= 0.3 is 6.03 Å². The maximum atomic E-state index is 12.0. The van der Waals surface area contributed by atoms with Crippen molar-refractivity contribution in [3.05, 3.63) is 29.8 Å². The molecule has 0 saturated carbocycles. The number of nitrogens with one attached hydrogen (secondary N) is 3. The minimum absolute atomic E-state index is 0.0969. The molecule has 1 aromatic rings. The molecule has 7 heteroatoms. The summed E-state index contributed by atoms with van der Waals surface area (Å²) in [4.78, 5) is 36.7. The molecule has 7 nitrogen and oxygen atoms in total. The van der Waals surface area contributed by atoms with Crippen LogP contribution in [0.4, 0.5) is 10.5 Å². The molecule has 0 aromatic heterocycles. The van der Waals surface area contributed by atoms with Gasteiger partial charge in [0.15, 0.2) is 0 Å². The van der Waals surface area contributed by atoms with Gasteiger partial charge in [0.1, 0.15) is 6.04 Å². The molecule has 2 atom stereocenters. The molecule has 0 bridgehead atoms. The average molecular weight is 330 g/mol. The molecule has 0 aliphatic carbocycles. The molecule has 1 fully saturated rings. The van der Waals surface area contributed by atoms with Gasteiger partial charge in [-0.05, 0) is 24.5 Å². The van der Waals surface area contributed by atoms with Crippen LogP contribution in [0.2, 0.25) is 0 Å². The molecule has 0 unspecified atom stereocenters. The third-order valence-electron chi connectivity index (χ3n) is 4.67. The van der Waals surface area contributed by atoms with Crippen LogP contribution >= 0.6 is 0 Å². The van der Waals surface area contributed by atoms with Crippen molar-refractivity contribution in [2.24, 2.45) is 0 Å². The molecule has 2 aliphatic heterocycles. The summed E-state index contributed by atoms with van der Waals surface area (Å²) in [6, 6.07) is 7.16. The highest BCUT2D eigenvalue weighted by Crippen LogP contribution is 2.33. The summed E-state index contributed by atoms with van der Waals surface area (Å²) in [5, 5.41) is 7.62. The summed E-state index contributed by atoms with van der Waals surface area (Å²) in [5.41, 5.74) is 2.47. The highest BCUT2D eigenvalue weighted by atomic mass is 16.2.